The van der Waals surface area contributed by atoms with Crippen LogP contribution in [0.2, 0.25) is 0 Å². The summed E-state index contributed by atoms with van der Waals surface area (Å²) in [4.78, 5) is 13.2. The van der Waals surface area contributed by atoms with Crippen LogP contribution in [0.25, 0.3) is 10.8 Å². The third-order valence-electron chi connectivity index (χ3n) is 5.58. The largest absolute Gasteiger partial charge is 0.497 e. The Kier molecular flexibility index (Phi) is 6.93. The molecule has 8 heteroatoms. The van der Waals surface area contributed by atoms with Crippen molar-refractivity contribution in [3.63, 3.8) is 0 Å². The molecule has 0 bridgehead atoms. The van der Waals surface area contributed by atoms with Crippen molar-refractivity contribution in [2.75, 3.05) is 30.4 Å². The first kappa shape index (κ1) is 24.1. The summed E-state index contributed by atoms with van der Waals surface area (Å²) in [6.07, 6.45) is 0. The molecule has 0 heterocycles. The number of hydrogen-bond acceptors (Lipinski definition) is 5. The van der Waals surface area contributed by atoms with Crippen molar-refractivity contribution >= 4 is 38.1 Å². The van der Waals surface area contributed by atoms with Gasteiger partial charge in [-0.2, -0.15) is 0 Å². The van der Waals surface area contributed by atoms with Gasteiger partial charge in [0.25, 0.3) is 10.0 Å². The summed E-state index contributed by atoms with van der Waals surface area (Å²) in [5.41, 5.74) is 1.72. The lowest BCUT2D eigenvalue weighted by atomic mass is 10.1. The van der Waals surface area contributed by atoms with Gasteiger partial charge in [0.2, 0.25) is 5.91 Å². The van der Waals surface area contributed by atoms with Crippen molar-refractivity contribution in [3.8, 4) is 11.5 Å². The number of fused-ring (bicyclic) bond motifs is 1. The minimum atomic E-state index is -4.09. The highest BCUT2D eigenvalue weighted by Gasteiger charge is 2.29. The molecule has 4 rings (SSSR count). The number of hydrogen-bond donors (Lipinski definition) is 1. The molecule has 0 saturated heterocycles. The lowest BCUT2D eigenvalue weighted by molar-refractivity contribution is -0.114. The molecule has 35 heavy (non-hydrogen) atoms. The Morgan fingerprint density at radius 2 is 1.57 bits per heavy atom. The van der Waals surface area contributed by atoms with E-state index in [1.165, 1.54) is 26.4 Å². The highest BCUT2D eigenvalue weighted by molar-refractivity contribution is 7.92. The second-order valence-electron chi connectivity index (χ2n) is 7.97. The lowest BCUT2D eigenvalue weighted by Crippen LogP contribution is -2.38. The fourth-order valence-electron chi connectivity index (χ4n) is 3.73. The van der Waals surface area contributed by atoms with E-state index in [2.05, 4.69) is 5.32 Å². The molecule has 0 atom stereocenters. The van der Waals surface area contributed by atoms with Gasteiger partial charge < -0.3 is 14.8 Å². The SMILES string of the molecule is COc1ccc(N(CC(=O)Nc2ccc3ccccc3c2)S(=O)(=O)c2ccc(C)cc2)c(OC)c1. The van der Waals surface area contributed by atoms with Gasteiger partial charge in [0.1, 0.15) is 18.0 Å². The number of sulfonamides is 1. The number of amides is 1. The molecule has 0 radical (unpaired) electrons. The first-order valence-corrected chi connectivity index (χ1v) is 12.4. The van der Waals surface area contributed by atoms with Crippen LogP contribution in [0.1, 0.15) is 5.56 Å². The zero-order valence-corrected chi connectivity index (χ0v) is 20.5. The fourth-order valence-corrected chi connectivity index (χ4v) is 5.16. The highest BCUT2D eigenvalue weighted by Crippen LogP contribution is 2.35. The average Bonchev–Trinajstić information content (AvgIpc) is 2.87. The average molecular weight is 491 g/mol. The smallest absolute Gasteiger partial charge is 0.264 e. The maximum absolute atomic E-state index is 13.7. The second-order valence-corrected chi connectivity index (χ2v) is 9.83. The summed E-state index contributed by atoms with van der Waals surface area (Å²) in [5.74, 6) is 0.270. The molecule has 4 aromatic carbocycles. The maximum Gasteiger partial charge on any atom is 0.264 e. The normalized spacial score (nSPS) is 11.2. The Morgan fingerprint density at radius 1 is 0.857 bits per heavy atom. The van der Waals surface area contributed by atoms with Gasteiger partial charge >= 0.3 is 0 Å². The molecule has 0 aliphatic heterocycles. The van der Waals surface area contributed by atoms with E-state index in [9.17, 15) is 13.2 Å². The van der Waals surface area contributed by atoms with Gasteiger partial charge in [0.15, 0.2) is 0 Å². The lowest BCUT2D eigenvalue weighted by Gasteiger charge is -2.26. The zero-order valence-electron chi connectivity index (χ0n) is 19.7. The summed E-state index contributed by atoms with van der Waals surface area (Å²) >= 11 is 0. The van der Waals surface area contributed by atoms with Crippen LogP contribution in [-0.4, -0.2) is 35.1 Å². The van der Waals surface area contributed by atoms with E-state index in [1.54, 1.807) is 36.4 Å². The van der Waals surface area contributed by atoms with Crippen LogP contribution < -0.4 is 19.1 Å². The third-order valence-corrected chi connectivity index (χ3v) is 7.36. The molecule has 7 nitrogen and oxygen atoms in total. The molecule has 0 spiro atoms. The van der Waals surface area contributed by atoms with Crippen LogP contribution in [0, 0.1) is 6.92 Å². The van der Waals surface area contributed by atoms with Crippen molar-refractivity contribution < 1.29 is 22.7 Å². The molecule has 180 valence electrons. The first-order chi connectivity index (χ1) is 16.8. The third kappa shape index (κ3) is 5.22. The predicted octanol–water partition coefficient (Wildman–Crippen LogP) is 5.00. The highest BCUT2D eigenvalue weighted by atomic mass is 32.2. The van der Waals surface area contributed by atoms with Crippen molar-refractivity contribution in [2.45, 2.75) is 11.8 Å². The molecule has 0 fully saturated rings. The molecule has 1 amide bonds. The van der Waals surface area contributed by atoms with Gasteiger partial charge in [-0.3, -0.25) is 9.10 Å². The minimum absolute atomic E-state index is 0.0690. The van der Waals surface area contributed by atoms with E-state index in [0.717, 1.165) is 20.6 Å². The van der Waals surface area contributed by atoms with Crippen LogP contribution in [0.4, 0.5) is 11.4 Å². The standard InChI is InChI=1S/C27H26N2O5S/c1-19-8-13-24(14-9-19)35(31,32)29(25-15-12-23(33-2)17-26(25)34-3)18-27(30)28-22-11-10-20-6-4-5-7-21(20)16-22/h4-17H,18H2,1-3H3,(H,28,30). The molecular formula is C27H26N2O5S. The second kappa shape index (κ2) is 10.1. The van der Waals surface area contributed by atoms with Crippen LogP contribution in [0.15, 0.2) is 89.8 Å². The Hall–Kier alpha value is -4.04. The van der Waals surface area contributed by atoms with Gasteiger partial charge in [-0.1, -0.05) is 48.0 Å². The van der Waals surface area contributed by atoms with E-state index >= 15 is 0 Å². The van der Waals surface area contributed by atoms with E-state index in [4.69, 9.17) is 9.47 Å². The van der Waals surface area contributed by atoms with Crippen LogP contribution in [0.3, 0.4) is 0 Å². The van der Waals surface area contributed by atoms with E-state index in [-0.39, 0.29) is 16.3 Å². The molecule has 0 unspecified atom stereocenters. The fraction of sp³-hybridized carbons (Fsp3) is 0.148. The van der Waals surface area contributed by atoms with Gasteiger partial charge in [0.05, 0.1) is 24.8 Å². The Bertz CT molecular complexity index is 1470. The number of nitrogens with one attached hydrogen (secondary N) is 1. The monoisotopic (exact) mass is 490 g/mol. The predicted molar refractivity (Wildman–Crippen MR) is 138 cm³/mol. The molecule has 0 aliphatic rings. The summed E-state index contributed by atoms with van der Waals surface area (Å²) in [6.45, 7) is 1.42. The number of methoxy groups -OCH3 is 2. The Morgan fingerprint density at radius 3 is 2.26 bits per heavy atom. The molecule has 0 aromatic heterocycles. The number of benzene rings is 4. The van der Waals surface area contributed by atoms with Gasteiger partial charge in [-0.25, -0.2) is 8.42 Å². The maximum atomic E-state index is 13.7. The van der Waals surface area contributed by atoms with Crippen molar-refractivity contribution in [2.24, 2.45) is 0 Å². The Labute approximate surface area is 205 Å². The van der Waals surface area contributed by atoms with E-state index in [1.807, 2.05) is 43.3 Å². The number of anilines is 2. The summed E-state index contributed by atoms with van der Waals surface area (Å²) in [5, 5.41) is 4.82. The van der Waals surface area contributed by atoms with Crippen LogP contribution >= 0.6 is 0 Å². The van der Waals surface area contributed by atoms with Gasteiger partial charge in [-0.05, 0) is 54.1 Å². The van der Waals surface area contributed by atoms with E-state index < -0.39 is 22.5 Å². The van der Waals surface area contributed by atoms with Crippen molar-refractivity contribution in [3.05, 3.63) is 90.5 Å². The Balaban J connectivity index is 1.71. The van der Waals surface area contributed by atoms with Gasteiger partial charge in [0, 0.05) is 11.8 Å². The molecular weight excluding hydrogens is 464 g/mol. The van der Waals surface area contributed by atoms with Gasteiger partial charge in [-0.15, -0.1) is 0 Å². The topological polar surface area (TPSA) is 84.9 Å². The zero-order chi connectivity index (χ0) is 25.0. The van der Waals surface area contributed by atoms with Crippen molar-refractivity contribution in [1.82, 2.24) is 0 Å². The number of ether oxygens (including phenoxy) is 2. The summed E-state index contributed by atoms with van der Waals surface area (Å²) in [7, 11) is -1.15. The number of carbonyl (C=O) groups is 1. The number of rotatable bonds is 8. The number of aryl methyl sites for hydroxylation is 1. The first-order valence-electron chi connectivity index (χ1n) is 10.9. The molecule has 0 saturated carbocycles. The number of nitrogens with zero attached hydrogens (tertiary/aromatic N) is 1. The van der Waals surface area contributed by atoms with Crippen molar-refractivity contribution in [1.29, 1.82) is 0 Å². The minimum Gasteiger partial charge on any atom is -0.497 e. The summed E-state index contributed by atoms with van der Waals surface area (Å²) < 4.78 is 39.1. The molecule has 4 aromatic rings. The quantitative estimate of drug-likeness (QED) is 0.376. The van der Waals surface area contributed by atoms with E-state index in [0.29, 0.717) is 11.4 Å². The van der Waals surface area contributed by atoms with Crippen LogP contribution in [-0.2, 0) is 14.8 Å². The molecule has 1 N–H and O–H groups in total. The summed E-state index contributed by atoms with van der Waals surface area (Å²) in [6, 6.07) is 24.5. The number of carbonyl (C=O) groups excluding carboxylic acids is 1. The molecule has 0 aliphatic carbocycles. The van der Waals surface area contributed by atoms with Crippen LogP contribution in [0.5, 0.6) is 11.5 Å².